The number of primary amides is 1. The lowest BCUT2D eigenvalue weighted by atomic mass is 9.83. The number of aromatic nitrogens is 2. The summed E-state index contributed by atoms with van der Waals surface area (Å²) in [5.41, 5.74) is 10.4. The molecule has 0 saturated carbocycles. The van der Waals surface area contributed by atoms with Gasteiger partial charge in [-0.25, -0.2) is 9.97 Å². The minimum Gasteiger partial charge on any atom is -0.376 e. The van der Waals surface area contributed by atoms with Crippen LogP contribution < -0.4 is 10.6 Å². The van der Waals surface area contributed by atoms with Crippen LogP contribution in [0.1, 0.15) is 34.5 Å². The Morgan fingerprint density at radius 3 is 2.56 bits per heavy atom. The highest BCUT2D eigenvalue weighted by atomic mass is 16.5. The maximum atomic E-state index is 11.3. The lowest BCUT2D eigenvalue weighted by molar-refractivity contribution is -0.0856. The van der Waals surface area contributed by atoms with E-state index in [0.717, 1.165) is 62.6 Å². The number of carbonyl (C=O) groups is 1. The summed E-state index contributed by atoms with van der Waals surface area (Å²) in [6, 6.07) is 7.41. The largest absolute Gasteiger partial charge is 0.376 e. The second kappa shape index (κ2) is 5.26. The highest BCUT2D eigenvalue weighted by Gasteiger charge is 2.52. The zero-order chi connectivity index (χ0) is 17.0. The number of benzene rings is 1. The van der Waals surface area contributed by atoms with E-state index >= 15 is 0 Å². The van der Waals surface area contributed by atoms with Crippen molar-refractivity contribution < 1.29 is 9.53 Å². The van der Waals surface area contributed by atoms with Crippen LogP contribution in [0.2, 0.25) is 0 Å². The van der Waals surface area contributed by atoms with Gasteiger partial charge in [0.05, 0.1) is 24.4 Å². The van der Waals surface area contributed by atoms with Crippen LogP contribution >= 0.6 is 0 Å². The lowest BCUT2D eigenvalue weighted by Gasteiger charge is -2.57. The van der Waals surface area contributed by atoms with Gasteiger partial charge >= 0.3 is 0 Å². The van der Waals surface area contributed by atoms with Crippen molar-refractivity contribution in [3.63, 3.8) is 0 Å². The summed E-state index contributed by atoms with van der Waals surface area (Å²) in [7, 11) is 0. The molecule has 0 bridgehead atoms. The highest BCUT2D eigenvalue weighted by Crippen LogP contribution is 2.41. The fourth-order valence-corrected chi connectivity index (χ4v) is 4.06. The van der Waals surface area contributed by atoms with E-state index in [1.165, 1.54) is 11.3 Å². The summed E-state index contributed by atoms with van der Waals surface area (Å²) in [5.74, 6) is 0.414. The van der Waals surface area contributed by atoms with Gasteiger partial charge in [-0.05, 0) is 37.8 Å². The summed E-state index contributed by atoms with van der Waals surface area (Å²) in [6.45, 7) is 2.54. The minimum atomic E-state index is -0.410. The van der Waals surface area contributed by atoms with Crippen LogP contribution in [0.4, 0.5) is 5.95 Å². The number of rotatable bonds is 3. The van der Waals surface area contributed by atoms with Crippen molar-refractivity contribution in [2.45, 2.75) is 31.2 Å². The van der Waals surface area contributed by atoms with E-state index in [2.05, 4.69) is 4.90 Å². The predicted octanol–water partition coefficient (Wildman–Crippen LogP) is 1.71. The quantitative estimate of drug-likeness (QED) is 0.923. The molecule has 3 heterocycles. The van der Waals surface area contributed by atoms with E-state index < -0.39 is 5.91 Å². The fraction of sp³-hybridized carbons (Fsp3) is 0.421. The van der Waals surface area contributed by atoms with Gasteiger partial charge in [0, 0.05) is 28.9 Å². The molecule has 3 aliphatic rings. The Morgan fingerprint density at radius 2 is 1.96 bits per heavy atom. The number of anilines is 1. The summed E-state index contributed by atoms with van der Waals surface area (Å²) in [6.07, 6.45) is 4.29. The van der Waals surface area contributed by atoms with Crippen LogP contribution in [0.15, 0.2) is 24.3 Å². The van der Waals surface area contributed by atoms with Gasteiger partial charge in [0.25, 0.3) is 0 Å². The maximum Gasteiger partial charge on any atom is 0.248 e. The van der Waals surface area contributed by atoms with Crippen LogP contribution in [-0.2, 0) is 17.6 Å². The predicted molar refractivity (Wildman–Crippen MR) is 93.5 cm³/mol. The van der Waals surface area contributed by atoms with Crippen LogP contribution in [0.5, 0.6) is 0 Å². The van der Waals surface area contributed by atoms with Gasteiger partial charge < -0.3 is 15.4 Å². The molecule has 1 aromatic heterocycles. The van der Waals surface area contributed by atoms with Crippen molar-refractivity contribution in [1.82, 2.24) is 9.97 Å². The number of aryl methyl sites for hydroxylation is 1. The van der Waals surface area contributed by atoms with Gasteiger partial charge in [-0.3, -0.25) is 4.79 Å². The Bertz CT molecular complexity index is 853. The first kappa shape index (κ1) is 14.8. The van der Waals surface area contributed by atoms with E-state index in [1.807, 2.05) is 12.1 Å². The summed E-state index contributed by atoms with van der Waals surface area (Å²) in [4.78, 5) is 23.4. The molecule has 2 aromatic rings. The molecule has 6 heteroatoms. The molecule has 1 spiro atoms. The number of fused-ring (bicyclic) bond motifs is 1. The Hall–Kier alpha value is -2.47. The third-order valence-corrected chi connectivity index (χ3v) is 5.72. The Labute approximate surface area is 146 Å². The second-order valence-electron chi connectivity index (χ2n) is 7.21. The zero-order valence-corrected chi connectivity index (χ0v) is 14.0. The number of hydrogen-bond donors (Lipinski definition) is 1. The molecule has 2 N–H and O–H groups in total. The van der Waals surface area contributed by atoms with E-state index in [1.54, 1.807) is 12.1 Å². The van der Waals surface area contributed by atoms with E-state index in [-0.39, 0.29) is 5.54 Å². The van der Waals surface area contributed by atoms with Gasteiger partial charge in [0.2, 0.25) is 11.9 Å². The number of amides is 1. The first-order valence-electron chi connectivity index (χ1n) is 8.82. The van der Waals surface area contributed by atoms with Gasteiger partial charge in [-0.2, -0.15) is 0 Å². The number of hydrogen-bond acceptors (Lipinski definition) is 5. The molecule has 2 fully saturated rings. The number of nitrogens with zero attached hydrogens (tertiary/aromatic N) is 3. The smallest absolute Gasteiger partial charge is 0.248 e. The first-order chi connectivity index (χ1) is 12.2. The third kappa shape index (κ3) is 2.17. The molecular formula is C19H20N4O2. The molecule has 128 valence electrons. The molecule has 1 aliphatic carbocycles. The minimum absolute atomic E-state index is 0.125. The topological polar surface area (TPSA) is 81.3 Å². The van der Waals surface area contributed by atoms with Crippen molar-refractivity contribution in [2.75, 3.05) is 24.7 Å². The zero-order valence-electron chi connectivity index (χ0n) is 14.0. The van der Waals surface area contributed by atoms with Gasteiger partial charge in [-0.15, -0.1) is 0 Å². The van der Waals surface area contributed by atoms with Crippen LogP contribution in [0, 0.1) is 0 Å². The summed E-state index contributed by atoms with van der Waals surface area (Å²) in [5, 5.41) is 0. The number of ether oxygens (including phenoxy) is 1. The normalized spacial score (nSPS) is 20.1. The Morgan fingerprint density at radius 1 is 1.16 bits per heavy atom. The van der Waals surface area contributed by atoms with Gasteiger partial charge in [0.1, 0.15) is 0 Å². The molecule has 0 unspecified atom stereocenters. The molecular weight excluding hydrogens is 316 g/mol. The molecule has 1 amide bonds. The van der Waals surface area contributed by atoms with Crippen LogP contribution in [0.3, 0.4) is 0 Å². The number of nitrogens with two attached hydrogens (primary N) is 1. The molecule has 2 aliphatic heterocycles. The maximum absolute atomic E-state index is 11.3. The van der Waals surface area contributed by atoms with E-state index in [0.29, 0.717) is 5.56 Å². The van der Waals surface area contributed by atoms with Gasteiger partial charge in [0.15, 0.2) is 0 Å². The van der Waals surface area contributed by atoms with Crippen molar-refractivity contribution >= 4 is 11.9 Å². The van der Waals surface area contributed by atoms with E-state index in [9.17, 15) is 4.79 Å². The standard InChI is InChI=1S/C19H20N4O2/c20-17(24)13-6-4-12(5-7-13)16-14-2-1-3-15(14)21-18(22-16)23-9-8-19(23)10-25-11-19/h4-7H,1-3,8-11H2,(H2,20,24). The Kier molecular flexibility index (Phi) is 3.12. The van der Waals surface area contributed by atoms with Crippen LogP contribution in [0.25, 0.3) is 11.3 Å². The molecule has 5 rings (SSSR count). The second-order valence-corrected chi connectivity index (χ2v) is 7.21. The fourth-order valence-electron chi connectivity index (χ4n) is 4.06. The molecule has 2 saturated heterocycles. The molecule has 0 radical (unpaired) electrons. The van der Waals surface area contributed by atoms with Crippen molar-refractivity contribution in [2.24, 2.45) is 5.73 Å². The summed E-state index contributed by atoms with van der Waals surface area (Å²) < 4.78 is 5.43. The molecule has 0 atom stereocenters. The lowest BCUT2D eigenvalue weighted by Crippen LogP contribution is -2.71. The monoisotopic (exact) mass is 336 g/mol. The summed E-state index contributed by atoms with van der Waals surface area (Å²) >= 11 is 0. The van der Waals surface area contributed by atoms with Gasteiger partial charge in [-0.1, -0.05) is 12.1 Å². The third-order valence-electron chi connectivity index (χ3n) is 5.72. The van der Waals surface area contributed by atoms with E-state index in [4.69, 9.17) is 20.4 Å². The average molecular weight is 336 g/mol. The Balaban J connectivity index is 1.58. The first-order valence-corrected chi connectivity index (χ1v) is 8.82. The highest BCUT2D eigenvalue weighted by molar-refractivity contribution is 5.93. The molecule has 25 heavy (non-hydrogen) atoms. The molecule has 1 aromatic carbocycles. The number of carbonyl (C=O) groups excluding carboxylic acids is 1. The van der Waals surface area contributed by atoms with Crippen molar-refractivity contribution in [1.29, 1.82) is 0 Å². The SMILES string of the molecule is NC(=O)c1ccc(-c2nc(N3CCC34COC4)nc3c2CCC3)cc1. The van der Waals surface area contributed by atoms with Crippen molar-refractivity contribution in [3.05, 3.63) is 41.1 Å². The molecule has 6 nitrogen and oxygen atoms in total. The average Bonchev–Trinajstić information content (AvgIpc) is 3.00. The van der Waals surface area contributed by atoms with Crippen molar-refractivity contribution in [3.8, 4) is 11.3 Å². The van der Waals surface area contributed by atoms with Crippen LogP contribution in [-0.4, -0.2) is 41.2 Å².